The Morgan fingerprint density at radius 3 is 2.67 bits per heavy atom. The van der Waals surface area contributed by atoms with Gasteiger partial charge in [0.05, 0.1) is 17.9 Å². The van der Waals surface area contributed by atoms with Crippen molar-refractivity contribution in [2.24, 2.45) is 0 Å². The van der Waals surface area contributed by atoms with Gasteiger partial charge in [-0.3, -0.25) is 19.5 Å². The highest BCUT2D eigenvalue weighted by molar-refractivity contribution is 6.19. The number of ether oxygens (including phenoxy) is 1. The minimum absolute atomic E-state index is 0.0143. The number of hydrogen-bond donors (Lipinski definition) is 0. The summed E-state index contributed by atoms with van der Waals surface area (Å²) in [7, 11) is 0. The van der Waals surface area contributed by atoms with Crippen molar-refractivity contribution in [2.75, 3.05) is 0 Å². The molecule has 2 aliphatic rings. The van der Waals surface area contributed by atoms with Crippen molar-refractivity contribution in [1.29, 1.82) is 5.26 Å². The van der Waals surface area contributed by atoms with E-state index in [-0.39, 0.29) is 23.8 Å². The van der Waals surface area contributed by atoms with Gasteiger partial charge in [0.25, 0.3) is 11.8 Å². The molecule has 196 valence electrons. The van der Waals surface area contributed by atoms with Gasteiger partial charge in [0.1, 0.15) is 23.5 Å². The highest BCUT2D eigenvalue weighted by Crippen LogP contribution is 2.36. The minimum Gasteiger partial charge on any atom is -0.490 e. The summed E-state index contributed by atoms with van der Waals surface area (Å²) in [5.41, 5.74) is 5.44. The van der Waals surface area contributed by atoms with E-state index in [2.05, 4.69) is 11.1 Å². The largest absolute Gasteiger partial charge is 0.490 e. The summed E-state index contributed by atoms with van der Waals surface area (Å²) in [6.07, 6.45) is 7.72. The van der Waals surface area contributed by atoms with Crippen molar-refractivity contribution >= 4 is 17.9 Å². The molecule has 8 heteroatoms. The summed E-state index contributed by atoms with van der Waals surface area (Å²) in [6, 6.07) is 21.2. The van der Waals surface area contributed by atoms with E-state index in [0.29, 0.717) is 22.4 Å². The van der Waals surface area contributed by atoms with E-state index in [1.807, 2.05) is 61.7 Å². The number of hydrogen-bond acceptors (Lipinski definition) is 6. The van der Waals surface area contributed by atoms with Crippen LogP contribution in [0.1, 0.15) is 30.5 Å². The topological polar surface area (TPSA) is 101 Å². The number of pyridine rings is 1. The number of carbonyl (C=O) groups is 2. The molecule has 2 aliphatic heterocycles. The molecule has 0 saturated heterocycles. The first-order valence-corrected chi connectivity index (χ1v) is 13.0. The summed E-state index contributed by atoms with van der Waals surface area (Å²) >= 11 is 0. The Morgan fingerprint density at radius 1 is 1.10 bits per heavy atom. The first kappa shape index (κ1) is 25.0. The number of imide groups is 1. The second-order valence-electron chi connectivity index (χ2n) is 9.90. The smallest absolute Gasteiger partial charge is 0.271 e. The van der Waals surface area contributed by atoms with Gasteiger partial charge in [0.2, 0.25) is 0 Å². The second-order valence-corrected chi connectivity index (χ2v) is 9.90. The standard InChI is InChI=1S/C32H25N5O3/c1-20-13-24-14-23(10-11-29(24)40-20)30-25(19-37(35-30)26-8-4-3-5-9-26)15-27-21(2)28(16-33)32(39)36(31(27)38)18-22-7-6-12-34-17-22/h3-12,14-15,17,19-20H,13,18H2,1-2H3/b27-15+. The van der Waals surface area contributed by atoms with Crippen molar-refractivity contribution in [3.8, 4) is 28.8 Å². The van der Waals surface area contributed by atoms with Crippen LogP contribution in [0.2, 0.25) is 0 Å². The molecule has 0 aliphatic carbocycles. The molecule has 4 heterocycles. The molecule has 8 nitrogen and oxygen atoms in total. The lowest BCUT2D eigenvalue weighted by molar-refractivity contribution is -0.141. The van der Waals surface area contributed by atoms with Gasteiger partial charge in [-0.05, 0) is 73.0 Å². The number of carbonyl (C=O) groups excluding carboxylic acids is 2. The van der Waals surface area contributed by atoms with Crippen molar-refractivity contribution in [2.45, 2.75) is 32.9 Å². The molecule has 0 saturated carbocycles. The molecule has 4 aromatic rings. The van der Waals surface area contributed by atoms with Crippen molar-refractivity contribution in [1.82, 2.24) is 19.7 Å². The highest BCUT2D eigenvalue weighted by atomic mass is 16.5. The Labute approximate surface area is 231 Å². The number of amides is 2. The lowest BCUT2D eigenvalue weighted by Gasteiger charge is -2.27. The number of para-hydroxylation sites is 1. The fourth-order valence-electron chi connectivity index (χ4n) is 5.10. The fourth-order valence-corrected chi connectivity index (χ4v) is 5.10. The normalized spacial score (nSPS) is 17.7. The van der Waals surface area contributed by atoms with Crippen LogP contribution in [0.15, 0.2) is 96.0 Å². The molecule has 40 heavy (non-hydrogen) atoms. The van der Waals surface area contributed by atoms with Crippen LogP contribution >= 0.6 is 0 Å². The Balaban J connectivity index is 1.49. The van der Waals surface area contributed by atoms with Gasteiger partial charge in [0, 0.05) is 41.7 Å². The van der Waals surface area contributed by atoms with Crippen molar-refractivity contribution < 1.29 is 14.3 Å². The number of rotatable bonds is 5. The number of nitrogens with zero attached hydrogens (tertiary/aromatic N) is 5. The van der Waals surface area contributed by atoms with Gasteiger partial charge in [0.15, 0.2) is 0 Å². The Hall–Kier alpha value is -5.29. The molecule has 0 radical (unpaired) electrons. The fraction of sp³-hybridized carbons (Fsp3) is 0.156. The molecule has 0 bridgehead atoms. The minimum atomic E-state index is -0.612. The monoisotopic (exact) mass is 527 g/mol. The Bertz CT molecular complexity index is 1750. The molecular weight excluding hydrogens is 502 g/mol. The summed E-state index contributed by atoms with van der Waals surface area (Å²) in [6.45, 7) is 3.69. The lowest BCUT2D eigenvalue weighted by Crippen LogP contribution is -2.42. The van der Waals surface area contributed by atoms with E-state index in [4.69, 9.17) is 9.84 Å². The van der Waals surface area contributed by atoms with Crippen LogP contribution in [0, 0.1) is 11.3 Å². The van der Waals surface area contributed by atoms with E-state index in [0.717, 1.165) is 33.9 Å². The van der Waals surface area contributed by atoms with Crippen LogP contribution < -0.4 is 4.74 Å². The van der Waals surface area contributed by atoms with E-state index < -0.39 is 11.8 Å². The molecule has 0 spiro atoms. The average molecular weight is 528 g/mol. The summed E-state index contributed by atoms with van der Waals surface area (Å²) in [5, 5.41) is 14.7. The molecular formula is C32H25N5O3. The maximum absolute atomic E-state index is 13.8. The zero-order chi connectivity index (χ0) is 27.8. The third-order valence-electron chi connectivity index (χ3n) is 7.12. The van der Waals surface area contributed by atoms with E-state index in [9.17, 15) is 14.9 Å². The van der Waals surface area contributed by atoms with Gasteiger partial charge >= 0.3 is 0 Å². The summed E-state index contributed by atoms with van der Waals surface area (Å²) in [4.78, 5) is 32.1. The Morgan fingerprint density at radius 2 is 1.93 bits per heavy atom. The first-order valence-electron chi connectivity index (χ1n) is 13.0. The van der Waals surface area contributed by atoms with Crippen LogP contribution in [-0.4, -0.2) is 37.6 Å². The number of aromatic nitrogens is 3. The van der Waals surface area contributed by atoms with E-state index in [1.165, 1.54) is 0 Å². The predicted molar refractivity (Wildman–Crippen MR) is 149 cm³/mol. The lowest BCUT2D eigenvalue weighted by atomic mass is 9.93. The molecule has 2 amide bonds. The number of fused-ring (bicyclic) bond motifs is 1. The van der Waals surface area contributed by atoms with Crippen molar-refractivity contribution in [3.63, 3.8) is 0 Å². The molecule has 2 aromatic carbocycles. The molecule has 0 N–H and O–H groups in total. The number of benzene rings is 2. The zero-order valence-corrected chi connectivity index (χ0v) is 22.0. The van der Waals surface area contributed by atoms with Gasteiger partial charge in [-0.15, -0.1) is 0 Å². The van der Waals surface area contributed by atoms with Crippen LogP contribution in [0.25, 0.3) is 23.0 Å². The van der Waals surface area contributed by atoms with Gasteiger partial charge in [-0.25, -0.2) is 4.68 Å². The molecule has 1 atom stereocenters. The third-order valence-corrected chi connectivity index (χ3v) is 7.12. The first-order chi connectivity index (χ1) is 19.4. The highest BCUT2D eigenvalue weighted by Gasteiger charge is 2.36. The molecule has 2 aromatic heterocycles. The van der Waals surface area contributed by atoms with Crippen LogP contribution in [0.3, 0.4) is 0 Å². The Kier molecular flexibility index (Phi) is 6.33. The number of nitriles is 1. The maximum atomic E-state index is 13.8. The predicted octanol–water partition coefficient (Wildman–Crippen LogP) is 5.05. The van der Waals surface area contributed by atoms with Gasteiger partial charge in [-0.1, -0.05) is 24.3 Å². The van der Waals surface area contributed by atoms with Crippen molar-refractivity contribution in [3.05, 3.63) is 113 Å². The summed E-state index contributed by atoms with van der Waals surface area (Å²) in [5.74, 6) is -0.220. The maximum Gasteiger partial charge on any atom is 0.271 e. The van der Waals surface area contributed by atoms with Crippen LogP contribution in [-0.2, 0) is 22.6 Å². The van der Waals surface area contributed by atoms with Gasteiger partial charge in [-0.2, -0.15) is 10.4 Å². The molecule has 6 rings (SSSR count). The van der Waals surface area contributed by atoms with Gasteiger partial charge < -0.3 is 4.74 Å². The molecule has 1 unspecified atom stereocenters. The van der Waals surface area contributed by atoms with E-state index >= 15 is 0 Å². The van der Waals surface area contributed by atoms with E-state index in [1.54, 1.807) is 42.2 Å². The SMILES string of the molecule is CC1=C(C#N)C(=O)N(Cc2cccnc2)C(=O)/C1=C/c1cn(-c2ccccc2)nc1-c1ccc2c(c1)CC(C)O2. The van der Waals surface area contributed by atoms with Crippen LogP contribution in [0.5, 0.6) is 5.75 Å². The summed E-state index contributed by atoms with van der Waals surface area (Å²) < 4.78 is 7.65. The average Bonchev–Trinajstić information content (AvgIpc) is 3.57. The molecule has 0 fully saturated rings. The second kappa shape index (κ2) is 10.1. The third kappa shape index (κ3) is 4.48. The van der Waals surface area contributed by atoms with Crippen LogP contribution in [0.4, 0.5) is 0 Å². The zero-order valence-electron chi connectivity index (χ0n) is 22.0. The quantitative estimate of drug-likeness (QED) is 0.266.